The summed E-state index contributed by atoms with van der Waals surface area (Å²) in [7, 11) is 0. The van der Waals surface area contributed by atoms with E-state index in [9.17, 15) is 5.11 Å². The van der Waals surface area contributed by atoms with Gasteiger partial charge in [-0.2, -0.15) is 5.10 Å². The first-order valence-corrected chi connectivity index (χ1v) is 11.9. The van der Waals surface area contributed by atoms with E-state index in [0.717, 1.165) is 54.1 Å². The fourth-order valence-corrected chi connectivity index (χ4v) is 3.06. The molecule has 0 radical (unpaired) electrons. The van der Waals surface area contributed by atoms with Gasteiger partial charge in [-0.3, -0.25) is 5.43 Å². The first-order valence-electron chi connectivity index (χ1n) is 11.9. The molecule has 0 aliphatic heterocycles. The van der Waals surface area contributed by atoms with Crippen LogP contribution in [0.3, 0.4) is 0 Å². The fraction of sp³-hybridized carbons (Fsp3) is 0.481. The van der Waals surface area contributed by atoms with E-state index in [1.165, 1.54) is 0 Å². The first kappa shape index (κ1) is 29.0. The third-order valence-corrected chi connectivity index (χ3v) is 4.90. The molecule has 0 heterocycles. The highest BCUT2D eigenvalue weighted by atomic mass is 16.5. The second-order valence-electron chi connectivity index (χ2n) is 8.96. The van der Waals surface area contributed by atoms with Gasteiger partial charge in [-0.1, -0.05) is 26.5 Å². The molecule has 0 fully saturated rings. The van der Waals surface area contributed by atoms with Crippen LogP contribution >= 0.6 is 0 Å². The van der Waals surface area contributed by atoms with Gasteiger partial charge < -0.3 is 20.5 Å². The number of ether oxygens (including phenoxy) is 1. The Bertz CT molecular complexity index is 917. The maximum absolute atomic E-state index is 10.1. The van der Waals surface area contributed by atoms with Crippen LogP contribution in [0.5, 0.6) is 0 Å². The molecule has 34 heavy (non-hydrogen) atoms. The monoisotopic (exact) mass is 469 g/mol. The van der Waals surface area contributed by atoms with E-state index in [0.29, 0.717) is 11.6 Å². The summed E-state index contributed by atoms with van der Waals surface area (Å²) in [5.74, 6) is 0.381. The van der Waals surface area contributed by atoms with Crippen molar-refractivity contribution >= 4 is 28.9 Å². The molecule has 0 bridgehead atoms. The van der Waals surface area contributed by atoms with Gasteiger partial charge in [0.25, 0.3) is 0 Å². The van der Waals surface area contributed by atoms with Crippen LogP contribution < -0.4 is 11.2 Å². The summed E-state index contributed by atoms with van der Waals surface area (Å²) >= 11 is 0. The molecule has 0 saturated heterocycles. The van der Waals surface area contributed by atoms with Gasteiger partial charge in [-0.15, -0.1) is 0 Å². The smallest absolute Gasteiger partial charge is 0.215 e. The zero-order valence-corrected chi connectivity index (χ0v) is 22.0. The van der Waals surface area contributed by atoms with Gasteiger partial charge in [0, 0.05) is 36.1 Å². The minimum absolute atomic E-state index is 0.109. The SMILES string of the molecule is C=C(\C=C(/N=C(C)/C=N/Nc1ccc(N)c(/C(C)=C/C)c1)OCC(C)(C)O)N(CCC)CCC. The first-order chi connectivity index (χ1) is 16.0. The largest absolute Gasteiger partial charge is 0.475 e. The molecule has 1 rings (SSSR count). The van der Waals surface area contributed by atoms with Crippen LogP contribution in [0.25, 0.3) is 5.57 Å². The lowest BCUT2D eigenvalue weighted by Crippen LogP contribution is -2.26. The number of anilines is 2. The summed E-state index contributed by atoms with van der Waals surface area (Å²) in [5, 5.41) is 14.4. The Balaban J connectivity index is 3.05. The Labute approximate surface area is 205 Å². The number of aliphatic hydroxyl groups is 1. The third-order valence-electron chi connectivity index (χ3n) is 4.90. The average Bonchev–Trinajstić information content (AvgIpc) is 2.77. The lowest BCUT2D eigenvalue weighted by molar-refractivity contribution is 0.00249. The predicted octanol–water partition coefficient (Wildman–Crippen LogP) is 5.82. The van der Waals surface area contributed by atoms with E-state index in [4.69, 9.17) is 10.5 Å². The number of nitrogens with one attached hydrogen (secondary N) is 1. The third kappa shape index (κ3) is 10.7. The Morgan fingerprint density at radius 1 is 1.24 bits per heavy atom. The zero-order valence-electron chi connectivity index (χ0n) is 22.0. The second kappa shape index (κ2) is 14.3. The minimum Gasteiger partial charge on any atom is -0.475 e. The maximum Gasteiger partial charge on any atom is 0.215 e. The van der Waals surface area contributed by atoms with Crippen molar-refractivity contribution in [3.05, 3.63) is 54.1 Å². The van der Waals surface area contributed by atoms with Crippen LogP contribution in [0.1, 0.15) is 66.9 Å². The van der Waals surface area contributed by atoms with Gasteiger partial charge in [0.1, 0.15) is 6.61 Å². The van der Waals surface area contributed by atoms with Gasteiger partial charge >= 0.3 is 0 Å². The molecule has 7 heteroatoms. The molecule has 0 saturated carbocycles. The highest BCUT2D eigenvalue weighted by molar-refractivity contribution is 6.29. The summed E-state index contributed by atoms with van der Waals surface area (Å²) < 4.78 is 5.82. The topological polar surface area (TPSA) is 95.5 Å². The second-order valence-corrected chi connectivity index (χ2v) is 8.96. The standard InChI is InChI=1S/C27H43N5O2/c1-9-14-32(15-10-2)22(6)16-26(34-19-27(7,8)33)30-21(5)18-29-31-23-12-13-25(28)24(17-23)20(4)11-3/h11-13,16-18,31,33H,6,9-10,14-15,19,28H2,1-5,7-8H3/b20-11+,26-16+,29-18+,30-21+. The number of hydrogen-bond donors (Lipinski definition) is 3. The number of nitrogens with zero attached hydrogens (tertiary/aromatic N) is 3. The van der Waals surface area contributed by atoms with Gasteiger partial charge in [-0.25, -0.2) is 4.99 Å². The normalized spacial score (nSPS) is 13.4. The molecule has 0 spiro atoms. The van der Waals surface area contributed by atoms with Crippen molar-refractivity contribution in [1.29, 1.82) is 0 Å². The van der Waals surface area contributed by atoms with E-state index < -0.39 is 5.60 Å². The molecule has 0 atom stereocenters. The van der Waals surface area contributed by atoms with Gasteiger partial charge in [-0.05, 0) is 71.2 Å². The average molecular weight is 470 g/mol. The van der Waals surface area contributed by atoms with Crippen molar-refractivity contribution in [2.75, 3.05) is 30.9 Å². The zero-order chi connectivity index (χ0) is 25.7. The Morgan fingerprint density at radius 2 is 1.88 bits per heavy atom. The molecule has 1 aromatic carbocycles. The van der Waals surface area contributed by atoms with Crippen molar-refractivity contribution in [1.82, 2.24) is 4.90 Å². The summed E-state index contributed by atoms with van der Waals surface area (Å²) in [5.41, 5.74) is 13.2. The number of aliphatic imine (C=N–C) groups is 1. The molecule has 7 nitrogen and oxygen atoms in total. The molecule has 188 valence electrons. The van der Waals surface area contributed by atoms with Crippen molar-refractivity contribution in [2.24, 2.45) is 10.1 Å². The Kier molecular flexibility index (Phi) is 12.1. The van der Waals surface area contributed by atoms with E-state index >= 15 is 0 Å². The highest BCUT2D eigenvalue weighted by Gasteiger charge is 2.15. The van der Waals surface area contributed by atoms with E-state index in [2.05, 4.69) is 40.8 Å². The molecule has 0 amide bonds. The van der Waals surface area contributed by atoms with Crippen LogP contribution in [0.2, 0.25) is 0 Å². The highest BCUT2D eigenvalue weighted by Crippen LogP contribution is 2.24. The quantitative estimate of drug-likeness (QED) is 0.105. The lowest BCUT2D eigenvalue weighted by atomic mass is 10.0. The summed E-state index contributed by atoms with van der Waals surface area (Å²) in [6, 6.07) is 5.70. The van der Waals surface area contributed by atoms with Crippen LogP contribution in [0.15, 0.2) is 58.6 Å². The van der Waals surface area contributed by atoms with Gasteiger partial charge in [0.15, 0.2) is 0 Å². The van der Waals surface area contributed by atoms with Crippen LogP contribution in [0, 0.1) is 0 Å². The van der Waals surface area contributed by atoms with E-state index in [-0.39, 0.29) is 6.61 Å². The van der Waals surface area contributed by atoms with Crippen LogP contribution in [-0.4, -0.2) is 47.2 Å². The molecular formula is C27H43N5O2. The van der Waals surface area contributed by atoms with Crippen molar-refractivity contribution in [2.45, 2.75) is 66.9 Å². The number of allylic oxidation sites excluding steroid dienone is 3. The minimum atomic E-state index is -0.982. The van der Waals surface area contributed by atoms with E-state index in [1.807, 2.05) is 51.1 Å². The summed E-state index contributed by atoms with van der Waals surface area (Å²) in [6.45, 7) is 19.6. The van der Waals surface area contributed by atoms with Crippen molar-refractivity contribution < 1.29 is 9.84 Å². The van der Waals surface area contributed by atoms with Gasteiger partial charge in [0.2, 0.25) is 5.88 Å². The molecular weight excluding hydrogens is 426 g/mol. The number of nitrogen functional groups attached to an aromatic ring is 1. The maximum atomic E-state index is 10.1. The molecule has 0 aromatic heterocycles. The van der Waals surface area contributed by atoms with Crippen LogP contribution in [0.4, 0.5) is 11.4 Å². The van der Waals surface area contributed by atoms with Crippen molar-refractivity contribution in [3.8, 4) is 0 Å². The lowest BCUT2D eigenvalue weighted by Gasteiger charge is -2.24. The number of benzene rings is 1. The molecule has 0 unspecified atom stereocenters. The molecule has 0 aliphatic rings. The van der Waals surface area contributed by atoms with E-state index in [1.54, 1.807) is 20.1 Å². The number of hydrazone groups is 1. The predicted molar refractivity (Wildman–Crippen MR) is 147 cm³/mol. The number of rotatable bonds is 14. The van der Waals surface area contributed by atoms with Gasteiger partial charge in [0.05, 0.1) is 23.2 Å². The Morgan fingerprint density at radius 3 is 2.44 bits per heavy atom. The fourth-order valence-electron chi connectivity index (χ4n) is 3.06. The Hall–Kier alpha value is -3.06. The number of hydrogen-bond acceptors (Lipinski definition) is 7. The van der Waals surface area contributed by atoms with Crippen LogP contribution in [-0.2, 0) is 4.74 Å². The number of nitrogens with two attached hydrogens (primary N) is 1. The summed E-state index contributed by atoms with van der Waals surface area (Å²) in [6.07, 6.45) is 7.50. The summed E-state index contributed by atoms with van der Waals surface area (Å²) in [4.78, 5) is 6.77. The van der Waals surface area contributed by atoms with Crippen molar-refractivity contribution in [3.63, 3.8) is 0 Å². The molecule has 1 aromatic rings. The molecule has 4 N–H and O–H groups in total. The molecule has 0 aliphatic carbocycles.